The number of anilines is 2. The van der Waals surface area contributed by atoms with Crippen LogP contribution in [0.4, 0.5) is 24.5 Å². The van der Waals surface area contributed by atoms with E-state index in [0.29, 0.717) is 0 Å². The minimum Gasteiger partial charge on any atom is -0.507 e. The maximum atomic E-state index is 13.7. The Morgan fingerprint density at radius 3 is 2.24 bits per heavy atom. The topological polar surface area (TPSA) is 163 Å². The molecule has 0 spiro atoms. The molecule has 0 saturated carbocycles. The Kier molecular flexibility index (Phi) is 7.29. The third kappa shape index (κ3) is 5.91. The number of amides is 2. The van der Waals surface area contributed by atoms with E-state index in [4.69, 9.17) is 10.7 Å². The highest BCUT2D eigenvalue weighted by Gasteiger charge is 2.34. The molecular formula is C25H17F3N4O5. The van der Waals surface area contributed by atoms with Gasteiger partial charge in [-0.25, -0.2) is 4.79 Å². The van der Waals surface area contributed by atoms with Crippen molar-refractivity contribution < 1.29 is 37.8 Å². The highest BCUT2D eigenvalue weighted by molar-refractivity contribution is 6.48. The summed E-state index contributed by atoms with van der Waals surface area (Å²) in [7, 11) is 0. The van der Waals surface area contributed by atoms with Crippen LogP contribution in [0.3, 0.4) is 0 Å². The van der Waals surface area contributed by atoms with Crippen molar-refractivity contribution in [1.29, 1.82) is 10.7 Å². The number of carboxylic acids is 1. The fourth-order valence-corrected chi connectivity index (χ4v) is 3.43. The van der Waals surface area contributed by atoms with E-state index in [1.54, 1.807) is 6.07 Å². The molecular weight excluding hydrogens is 493 g/mol. The van der Waals surface area contributed by atoms with Gasteiger partial charge < -0.3 is 20.8 Å². The van der Waals surface area contributed by atoms with Gasteiger partial charge in [0.2, 0.25) is 5.91 Å². The molecule has 3 rings (SSSR count). The monoisotopic (exact) mass is 510 g/mol. The van der Waals surface area contributed by atoms with Crippen LogP contribution in [0.2, 0.25) is 0 Å². The molecule has 12 heteroatoms. The molecule has 0 aliphatic heterocycles. The lowest BCUT2D eigenvalue weighted by Gasteiger charge is -2.16. The number of rotatable bonds is 6. The number of nitrogens with zero attached hydrogens (tertiary/aromatic N) is 1. The van der Waals surface area contributed by atoms with Crippen molar-refractivity contribution in [3.05, 3.63) is 76.9 Å². The fourth-order valence-electron chi connectivity index (χ4n) is 3.43. The van der Waals surface area contributed by atoms with Crippen molar-refractivity contribution in [3.63, 3.8) is 0 Å². The second-order valence-corrected chi connectivity index (χ2v) is 7.68. The van der Waals surface area contributed by atoms with Crippen molar-refractivity contribution >= 4 is 34.9 Å². The first-order chi connectivity index (χ1) is 17.3. The van der Waals surface area contributed by atoms with Crippen molar-refractivity contribution in [2.45, 2.75) is 13.1 Å². The lowest BCUT2D eigenvalue weighted by molar-refractivity contribution is -0.137. The third-order valence-electron chi connectivity index (χ3n) is 5.08. The highest BCUT2D eigenvalue weighted by Crippen LogP contribution is 2.40. The van der Waals surface area contributed by atoms with Gasteiger partial charge in [-0.15, -0.1) is 0 Å². The van der Waals surface area contributed by atoms with Crippen LogP contribution >= 0.6 is 0 Å². The Balaban J connectivity index is 1.93. The van der Waals surface area contributed by atoms with Gasteiger partial charge in [0.1, 0.15) is 11.5 Å². The Bertz CT molecular complexity index is 1490. The quantitative estimate of drug-likeness (QED) is 0.304. The summed E-state index contributed by atoms with van der Waals surface area (Å²) in [6, 6.07) is 11.5. The molecule has 3 aromatic rings. The van der Waals surface area contributed by atoms with Crippen molar-refractivity contribution in [1.82, 2.24) is 0 Å². The van der Waals surface area contributed by atoms with Crippen molar-refractivity contribution in [2.75, 3.05) is 10.6 Å². The predicted molar refractivity (Wildman–Crippen MR) is 126 cm³/mol. The summed E-state index contributed by atoms with van der Waals surface area (Å²) in [4.78, 5) is 35.2. The number of nitrogens with one attached hydrogen (secondary N) is 3. The molecule has 0 radical (unpaired) electrons. The molecule has 0 saturated heterocycles. The van der Waals surface area contributed by atoms with E-state index in [0.717, 1.165) is 37.3 Å². The van der Waals surface area contributed by atoms with Crippen LogP contribution in [-0.2, 0) is 15.8 Å². The summed E-state index contributed by atoms with van der Waals surface area (Å²) in [5, 5.41) is 41.3. The van der Waals surface area contributed by atoms with Crippen LogP contribution in [0.25, 0.3) is 11.1 Å². The molecule has 5 N–H and O–H groups in total. The largest absolute Gasteiger partial charge is 0.507 e. The van der Waals surface area contributed by atoms with Crippen LogP contribution in [0.5, 0.6) is 5.75 Å². The maximum absolute atomic E-state index is 13.7. The summed E-state index contributed by atoms with van der Waals surface area (Å²) < 4.78 is 41.1. The molecule has 0 atom stereocenters. The van der Waals surface area contributed by atoms with Gasteiger partial charge in [-0.1, -0.05) is 12.1 Å². The molecule has 37 heavy (non-hydrogen) atoms. The van der Waals surface area contributed by atoms with Gasteiger partial charge in [0.25, 0.3) is 5.91 Å². The summed E-state index contributed by atoms with van der Waals surface area (Å²) in [5.41, 5.74) is -3.24. The summed E-state index contributed by atoms with van der Waals surface area (Å²) in [6.07, 6.45) is -4.80. The zero-order valence-corrected chi connectivity index (χ0v) is 18.9. The summed E-state index contributed by atoms with van der Waals surface area (Å²) in [5.74, 6) is -3.77. The molecule has 0 aromatic heterocycles. The molecule has 0 fully saturated rings. The SMILES string of the molecule is CC(=O)Nc1ccc(-c2ccc(C(=N)C(=O)Nc3ccc(C#N)cc3C(=O)O)c(O)c2)c(C(F)(F)F)c1. The fraction of sp³-hybridized carbons (Fsp3) is 0.0800. The number of carboxylic acid groups (broad SMARTS) is 1. The average Bonchev–Trinajstić information content (AvgIpc) is 2.82. The molecule has 2 amide bonds. The first kappa shape index (κ1) is 26.4. The molecule has 3 aromatic carbocycles. The number of alkyl halides is 3. The van der Waals surface area contributed by atoms with Crippen LogP contribution in [0.1, 0.15) is 34.0 Å². The second kappa shape index (κ2) is 10.2. The average molecular weight is 510 g/mol. The lowest BCUT2D eigenvalue weighted by atomic mass is 9.96. The van der Waals surface area contributed by atoms with Crippen molar-refractivity contribution in [3.8, 4) is 22.9 Å². The third-order valence-corrected chi connectivity index (χ3v) is 5.08. The van der Waals surface area contributed by atoms with E-state index < -0.39 is 46.5 Å². The van der Waals surface area contributed by atoms with E-state index in [2.05, 4.69) is 10.6 Å². The van der Waals surface area contributed by atoms with Gasteiger partial charge in [0, 0.05) is 18.2 Å². The number of aromatic carboxylic acids is 1. The second-order valence-electron chi connectivity index (χ2n) is 7.68. The Labute approximate surface area is 207 Å². The van der Waals surface area contributed by atoms with Gasteiger partial charge in [0.05, 0.1) is 28.4 Å². The van der Waals surface area contributed by atoms with Gasteiger partial charge in [-0.3, -0.25) is 15.0 Å². The zero-order valence-electron chi connectivity index (χ0n) is 18.9. The number of hydrogen-bond acceptors (Lipinski definition) is 6. The molecule has 0 aliphatic carbocycles. The van der Waals surface area contributed by atoms with Gasteiger partial charge in [-0.05, 0) is 53.6 Å². The normalized spacial score (nSPS) is 10.8. The number of phenolic OH excluding ortho intramolecular Hbond substituents is 1. The van der Waals surface area contributed by atoms with Crippen LogP contribution < -0.4 is 10.6 Å². The number of nitriles is 1. The van der Waals surface area contributed by atoms with E-state index in [1.807, 2.05) is 0 Å². The number of aromatic hydroxyl groups is 1. The van der Waals surface area contributed by atoms with E-state index in [9.17, 15) is 37.8 Å². The molecule has 188 valence electrons. The van der Waals surface area contributed by atoms with Crippen LogP contribution in [0, 0.1) is 16.7 Å². The summed E-state index contributed by atoms with van der Waals surface area (Å²) >= 11 is 0. The number of hydrogen-bond donors (Lipinski definition) is 5. The lowest BCUT2D eigenvalue weighted by Crippen LogP contribution is -2.24. The molecule has 0 bridgehead atoms. The highest BCUT2D eigenvalue weighted by atomic mass is 19.4. The molecule has 9 nitrogen and oxygen atoms in total. The number of halogens is 3. The number of benzene rings is 3. The minimum absolute atomic E-state index is 0.0297. The first-order valence-corrected chi connectivity index (χ1v) is 10.3. The van der Waals surface area contributed by atoms with Crippen LogP contribution in [0.15, 0.2) is 54.6 Å². The van der Waals surface area contributed by atoms with Gasteiger partial charge >= 0.3 is 12.1 Å². The number of carbonyl (C=O) groups is 3. The van der Waals surface area contributed by atoms with Crippen molar-refractivity contribution in [2.24, 2.45) is 0 Å². The molecule has 0 heterocycles. The van der Waals surface area contributed by atoms with Gasteiger partial charge in [0.15, 0.2) is 0 Å². The van der Waals surface area contributed by atoms with Crippen LogP contribution in [-0.4, -0.2) is 33.7 Å². The Hall–Kier alpha value is -5.18. The minimum atomic E-state index is -4.80. The van der Waals surface area contributed by atoms with E-state index in [1.165, 1.54) is 24.3 Å². The maximum Gasteiger partial charge on any atom is 0.417 e. The Morgan fingerprint density at radius 2 is 1.68 bits per heavy atom. The van der Waals surface area contributed by atoms with Gasteiger partial charge in [-0.2, -0.15) is 18.4 Å². The predicted octanol–water partition coefficient (Wildman–Crippen LogP) is 4.61. The Morgan fingerprint density at radius 1 is 0.973 bits per heavy atom. The zero-order chi connectivity index (χ0) is 27.5. The van der Waals surface area contributed by atoms with E-state index >= 15 is 0 Å². The standard InChI is InChI=1S/C25H17F3N4O5/c1-12(33)31-15-4-6-16(19(10-15)25(26,27)28)14-3-5-17(21(34)9-14)22(30)23(35)32-20-7-2-13(11-29)8-18(20)24(36)37/h2-10,30,34H,1H3,(H,31,33)(H,32,35)(H,36,37). The smallest absolute Gasteiger partial charge is 0.417 e. The van der Waals surface area contributed by atoms with E-state index in [-0.39, 0.29) is 33.6 Å². The first-order valence-electron chi connectivity index (χ1n) is 10.3. The summed E-state index contributed by atoms with van der Waals surface area (Å²) in [6.45, 7) is 1.15. The molecule has 0 aliphatic rings. The number of carbonyl (C=O) groups excluding carboxylic acids is 2. The molecule has 0 unspecified atom stereocenters. The number of phenols is 1.